The highest BCUT2D eigenvalue weighted by molar-refractivity contribution is 6.03. The van der Waals surface area contributed by atoms with Gasteiger partial charge in [0.15, 0.2) is 5.60 Å². The molecule has 4 aromatic rings. The molecule has 0 aromatic heterocycles. The van der Waals surface area contributed by atoms with Crippen LogP contribution in [0.4, 0.5) is 0 Å². The molecule has 1 aliphatic carbocycles. The molecule has 29 heavy (non-hydrogen) atoms. The van der Waals surface area contributed by atoms with Gasteiger partial charge in [-0.05, 0) is 33.9 Å². The summed E-state index contributed by atoms with van der Waals surface area (Å²) in [4.78, 5) is 12.9. The number of benzene rings is 4. The predicted molar refractivity (Wildman–Crippen MR) is 114 cm³/mol. The van der Waals surface area contributed by atoms with Gasteiger partial charge in [0, 0.05) is 17.5 Å². The molecule has 0 N–H and O–H groups in total. The molecule has 2 heteroatoms. The van der Waals surface area contributed by atoms with E-state index in [0.717, 1.165) is 22.3 Å². The number of ether oxygens (including phenoxy) is 1. The van der Waals surface area contributed by atoms with E-state index < -0.39 is 5.60 Å². The lowest BCUT2D eigenvalue weighted by Gasteiger charge is -2.41. The lowest BCUT2D eigenvalue weighted by atomic mass is 9.65. The van der Waals surface area contributed by atoms with Crippen molar-refractivity contribution in [2.75, 3.05) is 0 Å². The lowest BCUT2D eigenvalue weighted by molar-refractivity contribution is 0.00271. The zero-order chi connectivity index (χ0) is 19.4. The van der Waals surface area contributed by atoms with Crippen LogP contribution in [0.3, 0.4) is 0 Å². The van der Waals surface area contributed by atoms with Crippen LogP contribution in [0.5, 0.6) is 0 Å². The number of carbonyl (C=O) groups is 1. The molecule has 0 spiro atoms. The second-order valence-electron chi connectivity index (χ2n) is 7.69. The molecule has 2 aliphatic rings. The third-order valence-corrected chi connectivity index (χ3v) is 6.13. The Morgan fingerprint density at radius 2 is 1.28 bits per heavy atom. The summed E-state index contributed by atoms with van der Waals surface area (Å²) >= 11 is 0. The first-order valence-electron chi connectivity index (χ1n) is 9.88. The first-order chi connectivity index (χ1) is 14.3. The molecule has 138 valence electrons. The zero-order valence-corrected chi connectivity index (χ0v) is 15.8. The third-order valence-electron chi connectivity index (χ3n) is 6.13. The Bertz CT molecular complexity index is 1240. The van der Waals surface area contributed by atoms with Crippen LogP contribution in [-0.2, 0) is 16.8 Å². The Kier molecular flexibility index (Phi) is 3.33. The van der Waals surface area contributed by atoms with Gasteiger partial charge in [-0.1, -0.05) is 91.0 Å². The maximum Gasteiger partial charge on any atom is 0.339 e. The van der Waals surface area contributed by atoms with Gasteiger partial charge < -0.3 is 4.74 Å². The van der Waals surface area contributed by atoms with Crippen LogP contribution in [0, 0.1) is 0 Å². The van der Waals surface area contributed by atoms with E-state index in [1.165, 1.54) is 16.7 Å². The van der Waals surface area contributed by atoms with E-state index in [1.807, 2.05) is 48.5 Å². The molecule has 0 bridgehead atoms. The molecule has 1 unspecified atom stereocenters. The number of rotatable bonds is 3. The Labute approximate surface area is 169 Å². The van der Waals surface area contributed by atoms with Gasteiger partial charge >= 0.3 is 5.97 Å². The minimum absolute atomic E-state index is 0.223. The second-order valence-corrected chi connectivity index (χ2v) is 7.69. The van der Waals surface area contributed by atoms with E-state index in [0.29, 0.717) is 12.0 Å². The molecule has 0 saturated heterocycles. The van der Waals surface area contributed by atoms with Crippen LogP contribution < -0.4 is 0 Å². The van der Waals surface area contributed by atoms with Crippen LogP contribution in [0.15, 0.2) is 97.1 Å². The molecule has 4 aromatic carbocycles. The second kappa shape index (κ2) is 5.92. The van der Waals surface area contributed by atoms with Crippen LogP contribution in [-0.4, -0.2) is 5.97 Å². The first kappa shape index (κ1) is 16.3. The smallest absolute Gasteiger partial charge is 0.339 e. The molecule has 1 atom stereocenters. The van der Waals surface area contributed by atoms with Gasteiger partial charge in [0.25, 0.3) is 0 Å². The average Bonchev–Trinajstić information content (AvgIpc) is 3.03. The Morgan fingerprint density at radius 3 is 1.93 bits per heavy atom. The van der Waals surface area contributed by atoms with Gasteiger partial charge in [0.1, 0.15) is 0 Å². The minimum Gasteiger partial charge on any atom is -0.445 e. The van der Waals surface area contributed by atoms with E-state index >= 15 is 0 Å². The number of hydrogen-bond donors (Lipinski definition) is 0. The van der Waals surface area contributed by atoms with Crippen molar-refractivity contribution in [1.82, 2.24) is 0 Å². The standard InChI is InChI=1S/C27H18O2/c28-26-22-16-21(18-10-4-1-5-11-18)24(19-12-6-2-7-13-19)23-17-27(29-26,25(22)23)20-14-8-3-9-15-20/h1-16H,17H2. The van der Waals surface area contributed by atoms with Gasteiger partial charge in [-0.2, -0.15) is 0 Å². The van der Waals surface area contributed by atoms with Crippen molar-refractivity contribution in [3.05, 3.63) is 119 Å². The van der Waals surface area contributed by atoms with E-state index in [-0.39, 0.29) is 5.97 Å². The molecule has 0 saturated carbocycles. The van der Waals surface area contributed by atoms with Crippen molar-refractivity contribution in [3.8, 4) is 22.3 Å². The summed E-state index contributed by atoms with van der Waals surface area (Å²) in [6.07, 6.45) is 0.704. The Morgan fingerprint density at radius 1 is 0.690 bits per heavy atom. The highest BCUT2D eigenvalue weighted by atomic mass is 16.6. The molecule has 0 fully saturated rings. The fraction of sp³-hybridized carbons (Fsp3) is 0.0741. The summed E-state index contributed by atoms with van der Waals surface area (Å²) in [5, 5.41) is 0. The molecule has 1 aliphatic heterocycles. The molecule has 6 rings (SSSR count). The minimum atomic E-state index is -0.637. The molecule has 1 heterocycles. The Hall–Kier alpha value is -3.65. The summed E-state index contributed by atoms with van der Waals surface area (Å²) in [7, 11) is 0. The zero-order valence-electron chi connectivity index (χ0n) is 15.8. The lowest BCUT2D eigenvalue weighted by Crippen LogP contribution is -2.40. The highest BCUT2D eigenvalue weighted by Gasteiger charge is 2.56. The van der Waals surface area contributed by atoms with E-state index in [1.54, 1.807) is 0 Å². The predicted octanol–water partition coefficient (Wildman–Crippen LogP) is 5.99. The summed E-state index contributed by atoms with van der Waals surface area (Å²) in [5.41, 5.74) is 7.97. The molecule has 0 radical (unpaired) electrons. The topological polar surface area (TPSA) is 26.3 Å². The summed E-state index contributed by atoms with van der Waals surface area (Å²) < 4.78 is 6.02. The maximum atomic E-state index is 12.9. The maximum absolute atomic E-state index is 12.9. The van der Waals surface area contributed by atoms with Crippen LogP contribution >= 0.6 is 0 Å². The molecule has 0 amide bonds. The molecular formula is C27H18O2. The fourth-order valence-corrected chi connectivity index (χ4v) is 4.86. The van der Waals surface area contributed by atoms with E-state index in [4.69, 9.17) is 4.74 Å². The van der Waals surface area contributed by atoms with Gasteiger partial charge in [0.05, 0.1) is 5.56 Å². The van der Waals surface area contributed by atoms with Crippen molar-refractivity contribution >= 4 is 5.97 Å². The van der Waals surface area contributed by atoms with Crippen LogP contribution in [0.25, 0.3) is 22.3 Å². The highest BCUT2D eigenvalue weighted by Crippen LogP contribution is 2.58. The van der Waals surface area contributed by atoms with E-state index in [2.05, 4.69) is 48.5 Å². The van der Waals surface area contributed by atoms with Crippen LogP contribution in [0.1, 0.15) is 27.0 Å². The normalized spacial score (nSPS) is 18.7. The first-order valence-corrected chi connectivity index (χ1v) is 9.88. The monoisotopic (exact) mass is 374 g/mol. The number of hydrogen-bond acceptors (Lipinski definition) is 2. The van der Waals surface area contributed by atoms with Gasteiger partial charge in [-0.3, -0.25) is 0 Å². The molecule has 2 nitrogen and oxygen atoms in total. The van der Waals surface area contributed by atoms with E-state index in [9.17, 15) is 4.79 Å². The van der Waals surface area contributed by atoms with Crippen molar-refractivity contribution < 1.29 is 9.53 Å². The Balaban J connectivity index is 1.66. The summed E-state index contributed by atoms with van der Waals surface area (Å²) in [6.45, 7) is 0. The quantitative estimate of drug-likeness (QED) is 0.412. The van der Waals surface area contributed by atoms with Crippen molar-refractivity contribution in [3.63, 3.8) is 0 Å². The van der Waals surface area contributed by atoms with Crippen LogP contribution in [0.2, 0.25) is 0 Å². The molecular weight excluding hydrogens is 356 g/mol. The fourth-order valence-electron chi connectivity index (χ4n) is 4.86. The summed E-state index contributed by atoms with van der Waals surface area (Å²) in [6, 6.07) is 32.9. The van der Waals surface area contributed by atoms with Crippen molar-refractivity contribution in [2.45, 2.75) is 12.0 Å². The largest absolute Gasteiger partial charge is 0.445 e. The summed E-state index contributed by atoms with van der Waals surface area (Å²) in [5.74, 6) is -0.223. The average molecular weight is 374 g/mol. The number of esters is 1. The SMILES string of the molecule is O=C1OC2(c3ccccc3)Cc3c(-c4ccccc4)c(-c4ccccc4)cc1c32. The number of carbonyl (C=O) groups excluding carboxylic acids is 1. The van der Waals surface area contributed by atoms with Gasteiger partial charge in [-0.25, -0.2) is 4.79 Å². The van der Waals surface area contributed by atoms with Crippen molar-refractivity contribution in [1.29, 1.82) is 0 Å². The third kappa shape index (κ3) is 2.20. The van der Waals surface area contributed by atoms with Gasteiger partial charge in [-0.15, -0.1) is 0 Å². The van der Waals surface area contributed by atoms with Gasteiger partial charge in [0.2, 0.25) is 0 Å². The van der Waals surface area contributed by atoms with Crippen molar-refractivity contribution in [2.24, 2.45) is 0 Å².